The van der Waals surface area contributed by atoms with Gasteiger partial charge in [-0.25, -0.2) is 0 Å². The molecule has 0 aliphatic heterocycles. The zero-order valence-electron chi connectivity index (χ0n) is 12.9. The van der Waals surface area contributed by atoms with Crippen molar-refractivity contribution in [3.05, 3.63) is 65.0 Å². The van der Waals surface area contributed by atoms with Crippen molar-refractivity contribution in [2.24, 2.45) is 0 Å². The molecule has 1 N–H and O–H groups in total. The summed E-state index contributed by atoms with van der Waals surface area (Å²) in [6.07, 6.45) is 2.26. The van der Waals surface area contributed by atoms with Gasteiger partial charge in [-0.1, -0.05) is 42.2 Å². The van der Waals surface area contributed by atoms with Crippen LogP contribution >= 0.6 is 11.6 Å². The Morgan fingerprint density at radius 1 is 1.04 bits per heavy atom. The minimum Gasteiger partial charge on any atom is -0.376 e. The van der Waals surface area contributed by atoms with Crippen molar-refractivity contribution in [3.63, 3.8) is 0 Å². The number of nitrogens with one attached hydrogen (secondary N) is 1. The molecule has 0 saturated carbocycles. The summed E-state index contributed by atoms with van der Waals surface area (Å²) >= 11 is 5.88. The molecule has 0 spiro atoms. The fraction of sp³-hybridized carbons (Fsp3) is 0.222. The molecule has 0 radical (unpaired) electrons. The van der Waals surface area contributed by atoms with E-state index in [2.05, 4.69) is 46.6 Å². The molecule has 0 aliphatic rings. The third-order valence-electron chi connectivity index (χ3n) is 3.51. The summed E-state index contributed by atoms with van der Waals surface area (Å²) in [5.74, 6) is 1.12. The van der Waals surface area contributed by atoms with Crippen LogP contribution in [0, 0.1) is 0 Å². The number of nitrogens with zero attached hydrogens (tertiary/aromatic N) is 2. The van der Waals surface area contributed by atoms with Crippen LogP contribution in [-0.2, 0) is 13.0 Å². The minimum atomic E-state index is 0.494. The molecule has 0 saturated heterocycles. The number of hydrogen-bond donors (Lipinski definition) is 1. The van der Waals surface area contributed by atoms with Crippen molar-refractivity contribution in [1.29, 1.82) is 0 Å². The summed E-state index contributed by atoms with van der Waals surface area (Å²) in [4.78, 5) is 4.39. The largest absolute Gasteiger partial charge is 0.376 e. The van der Waals surface area contributed by atoms with Gasteiger partial charge in [0.05, 0.1) is 6.54 Å². The lowest BCUT2D eigenvalue weighted by molar-refractivity contribution is 0.384. The van der Waals surface area contributed by atoms with E-state index in [1.165, 1.54) is 5.56 Å². The Kier molecular flexibility index (Phi) is 4.93. The Balaban J connectivity index is 1.61. The lowest BCUT2D eigenvalue weighted by Crippen LogP contribution is -1.99. The highest BCUT2D eigenvalue weighted by molar-refractivity contribution is 6.30. The predicted molar refractivity (Wildman–Crippen MR) is 92.5 cm³/mol. The molecule has 0 aliphatic carbocycles. The van der Waals surface area contributed by atoms with E-state index >= 15 is 0 Å². The molecule has 1 aromatic heterocycles. The van der Waals surface area contributed by atoms with E-state index in [4.69, 9.17) is 16.1 Å². The number of anilines is 1. The third-order valence-corrected chi connectivity index (χ3v) is 3.76. The summed E-state index contributed by atoms with van der Waals surface area (Å²) in [5.41, 5.74) is 3.27. The van der Waals surface area contributed by atoms with Gasteiger partial charge in [0.15, 0.2) is 0 Å². The maximum atomic E-state index is 5.88. The zero-order chi connectivity index (χ0) is 16.1. The first kappa shape index (κ1) is 15.6. The number of rotatable bonds is 6. The van der Waals surface area contributed by atoms with Gasteiger partial charge in [0.2, 0.25) is 11.7 Å². The summed E-state index contributed by atoms with van der Waals surface area (Å²) in [7, 11) is 0. The maximum absolute atomic E-state index is 5.88. The van der Waals surface area contributed by atoms with Crippen LogP contribution in [0.15, 0.2) is 53.1 Å². The second kappa shape index (κ2) is 7.29. The van der Waals surface area contributed by atoms with E-state index in [1.807, 2.05) is 24.3 Å². The molecule has 5 heteroatoms. The van der Waals surface area contributed by atoms with Crippen molar-refractivity contribution in [2.45, 2.75) is 26.3 Å². The van der Waals surface area contributed by atoms with E-state index in [-0.39, 0.29) is 0 Å². The summed E-state index contributed by atoms with van der Waals surface area (Å²) in [5, 5.41) is 7.97. The quantitative estimate of drug-likeness (QED) is 0.695. The highest BCUT2D eigenvalue weighted by atomic mass is 35.5. The number of halogens is 1. The predicted octanol–water partition coefficient (Wildman–Crippen LogP) is 4.95. The van der Waals surface area contributed by atoms with E-state index in [0.29, 0.717) is 23.3 Å². The minimum absolute atomic E-state index is 0.494. The van der Waals surface area contributed by atoms with Gasteiger partial charge in [0.1, 0.15) is 0 Å². The molecule has 0 fully saturated rings. The van der Waals surface area contributed by atoms with Gasteiger partial charge in [-0.15, -0.1) is 0 Å². The van der Waals surface area contributed by atoms with Gasteiger partial charge in [-0.2, -0.15) is 4.98 Å². The van der Waals surface area contributed by atoms with Crippen LogP contribution in [0.25, 0.3) is 11.4 Å². The van der Waals surface area contributed by atoms with Gasteiger partial charge < -0.3 is 9.84 Å². The standard InChI is InChI=1S/C18H18ClN3O/c1-2-3-13-4-10-16(11-5-13)20-12-17-21-18(22-23-17)14-6-8-15(19)9-7-14/h4-11,20H,2-3,12H2,1H3. The molecule has 0 bridgehead atoms. The van der Waals surface area contributed by atoms with Crippen LogP contribution in [0.3, 0.4) is 0 Å². The van der Waals surface area contributed by atoms with Crippen LogP contribution in [-0.4, -0.2) is 10.1 Å². The molecule has 2 aromatic carbocycles. The second-order valence-electron chi connectivity index (χ2n) is 5.32. The van der Waals surface area contributed by atoms with E-state index in [1.54, 1.807) is 0 Å². The van der Waals surface area contributed by atoms with Crippen molar-refractivity contribution >= 4 is 17.3 Å². The normalized spacial score (nSPS) is 10.7. The Morgan fingerprint density at radius 2 is 1.78 bits per heavy atom. The molecule has 1 heterocycles. The fourth-order valence-electron chi connectivity index (χ4n) is 2.30. The molecule has 0 unspecified atom stereocenters. The SMILES string of the molecule is CCCc1ccc(NCc2nc(-c3ccc(Cl)cc3)no2)cc1. The summed E-state index contributed by atoms with van der Waals surface area (Å²) in [6, 6.07) is 15.8. The zero-order valence-corrected chi connectivity index (χ0v) is 13.7. The van der Waals surface area contributed by atoms with Gasteiger partial charge >= 0.3 is 0 Å². The van der Waals surface area contributed by atoms with Crippen LogP contribution in [0.2, 0.25) is 5.02 Å². The van der Waals surface area contributed by atoms with Gasteiger partial charge in [0, 0.05) is 16.3 Å². The van der Waals surface area contributed by atoms with Crippen molar-refractivity contribution in [1.82, 2.24) is 10.1 Å². The summed E-state index contributed by atoms with van der Waals surface area (Å²) < 4.78 is 5.28. The van der Waals surface area contributed by atoms with Gasteiger partial charge in [-0.05, 0) is 48.4 Å². The Morgan fingerprint density at radius 3 is 2.48 bits per heavy atom. The molecule has 118 valence electrons. The van der Waals surface area contributed by atoms with Gasteiger partial charge in [-0.3, -0.25) is 0 Å². The molecule has 23 heavy (non-hydrogen) atoms. The molecular formula is C18H18ClN3O. The maximum Gasteiger partial charge on any atom is 0.246 e. The number of aryl methyl sites for hydroxylation is 1. The van der Waals surface area contributed by atoms with Crippen LogP contribution in [0.1, 0.15) is 24.8 Å². The first-order valence-corrected chi connectivity index (χ1v) is 8.03. The molecule has 3 rings (SSSR count). The first-order valence-electron chi connectivity index (χ1n) is 7.66. The third kappa shape index (κ3) is 4.11. The smallest absolute Gasteiger partial charge is 0.246 e. The van der Waals surface area contributed by atoms with E-state index < -0.39 is 0 Å². The molecule has 0 amide bonds. The Hall–Kier alpha value is -2.33. The Bertz CT molecular complexity index is 751. The lowest BCUT2D eigenvalue weighted by atomic mass is 10.1. The highest BCUT2D eigenvalue weighted by Crippen LogP contribution is 2.19. The average Bonchev–Trinajstić information content (AvgIpc) is 3.04. The van der Waals surface area contributed by atoms with Crippen LogP contribution in [0.5, 0.6) is 0 Å². The average molecular weight is 328 g/mol. The molecular weight excluding hydrogens is 310 g/mol. The number of hydrogen-bond acceptors (Lipinski definition) is 4. The number of benzene rings is 2. The van der Waals surface area contributed by atoms with Crippen molar-refractivity contribution in [3.8, 4) is 11.4 Å². The molecule has 4 nitrogen and oxygen atoms in total. The number of aromatic nitrogens is 2. The Labute approximate surface area is 140 Å². The van der Waals surface area contributed by atoms with Crippen molar-refractivity contribution in [2.75, 3.05) is 5.32 Å². The van der Waals surface area contributed by atoms with Crippen molar-refractivity contribution < 1.29 is 4.52 Å². The lowest BCUT2D eigenvalue weighted by Gasteiger charge is -2.04. The topological polar surface area (TPSA) is 51.0 Å². The summed E-state index contributed by atoms with van der Waals surface area (Å²) in [6.45, 7) is 2.67. The first-order chi connectivity index (χ1) is 11.2. The van der Waals surface area contributed by atoms with E-state index in [9.17, 15) is 0 Å². The van der Waals surface area contributed by atoms with E-state index in [0.717, 1.165) is 24.1 Å². The highest BCUT2D eigenvalue weighted by Gasteiger charge is 2.08. The van der Waals surface area contributed by atoms with Gasteiger partial charge in [0.25, 0.3) is 0 Å². The molecule has 0 atom stereocenters. The monoisotopic (exact) mass is 327 g/mol. The fourth-order valence-corrected chi connectivity index (χ4v) is 2.42. The van der Waals surface area contributed by atoms with Crippen LogP contribution in [0.4, 0.5) is 5.69 Å². The molecule has 3 aromatic rings. The van der Waals surface area contributed by atoms with Crippen LogP contribution < -0.4 is 5.32 Å². The second-order valence-corrected chi connectivity index (χ2v) is 5.76.